The fourth-order valence-electron chi connectivity index (χ4n) is 2.66. The highest BCUT2D eigenvalue weighted by atomic mass is 14.9. The highest BCUT2D eigenvalue weighted by Crippen LogP contribution is 2.21. The van der Waals surface area contributed by atoms with E-state index in [1.165, 1.54) is 11.1 Å². The molecule has 0 aliphatic rings. The number of rotatable bonds is 3. The Balaban J connectivity index is 1.93. The molecule has 0 saturated carbocycles. The quantitative estimate of drug-likeness (QED) is 0.681. The number of benzene rings is 2. The Labute approximate surface area is 125 Å². The molecule has 2 nitrogen and oxygen atoms in total. The summed E-state index contributed by atoms with van der Waals surface area (Å²) in [5.74, 6) is 0.560. The molecule has 2 heteroatoms. The van der Waals surface area contributed by atoms with Gasteiger partial charge in [-0.1, -0.05) is 44.2 Å². The second kappa shape index (κ2) is 5.46. The summed E-state index contributed by atoms with van der Waals surface area (Å²) in [6, 6.07) is 18.9. The molecule has 0 bridgehead atoms. The third-order valence-electron chi connectivity index (χ3n) is 3.93. The summed E-state index contributed by atoms with van der Waals surface area (Å²) in [7, 11) is 0. The molecule has 0 spiro atoms. The standard InChI is InChI=1S/C19H18N2/c1-14(2)16-8-6-15(7-9-16)13-21-11-10-18-17(12-20)4-3-5-19(18)21/h3-11,14H,13H2,1-2H3. The lowest BCUT2D eigenvalue weighted by molar-refractivity contribution is 0.829. The lowest BCUT2D eigenvalue weighted by Crippen LogP contribution is -1.98. The van der Waals surface area contributed by atoms with Gasteiger partial charge in [-0.2, -0.15) is 5.26 Å². The van der Waals surface area contributed by atoms with E-state index in [1.54, 1.807) is 0 Å². The van der Waals surface area contributed by atoms with Gasteiger partial charge in [0, 0.05) is 23.6 Å². The molecule has 21 heavy (non-hydrogen) atoms. The Kier molecular flexibility index (Phi) is 3.50. The molecule has 0 aliphatic carbocycles. The van der Waals surface area contributed by atoms with Gasteiger partial charge >= 0.3 is 0 Å². The lowest BCUT2D eigenvalue weighted by atomic mass is 10.0. The Bertz CT molecular complexity index is 802. The van der Waals surface area contributed by atoms with Crippen LogP contribution in [0.15, 0.2) is 54.7 Å². The van der Waals surface area contributed by atoms with Crippen LogP contribution in [0, 0.1) is 11.3 Å². The first kappa shape index (κ1) is 13.5. The van der Waals surface area contributed by atoms with Crippen LogP contribution in [0.1, 0.15) is 36.5 Å². The number of fused-ring (bicyclic) bond motifs is 1. The largest absolute Gasteiger partial charge is 0.343 e. The molecule has 104 valence electrons. The highest BCUT2D eigenvalue weighted by Gasteiger charge is 2.06. The maximum Gasteiger partial charge on any atom is 0.0998 e. The number of aromatic nitrogens is 1. The van der Waals surface area contributed by atoms with Crippen molar-refractivity contribution in [1.82, 2.24) is 4.57 Å². The lowest BCUT2D eigenvalue weighted by Gasteiger charge is -2.09. The van der Waals surface area contributed by atoms with Gasteiger partial charge in [-0.3, -0.25) is 0 Å². The van der Waals surface area contributed by atoms with Crippen molar-refractivity contribution in [3.63, 3.8) is 0 Å². The average Bonchev–Trinajstić information content (AvgIpc) is 2.91. The van der Waals surface area contributed by atoms with Crippen molar-refractivity contribution in [3.05, 3.63) is 71.4 Å². The van der Waals surface area contributed by atoms with Crippen molar-refractivity contribution in [2.75, 3.05) is 0 Å². The minimum atomic E-state index is 0.560. The molecule has 3 aromatic rings. The van der Waals surface area contributed by atoms with E-state index in [2.05, 4.69) is 61.0 Å². The summed E-state index contributed by atoms with van der Waals surface area (Å²) < 4.78 is 2.19. The normalized spacial score (nSPS) is 11.0. The molecular weight excluding hydrogens is 256 g/mol. The van der Waals surface area contributed by atoms with E-state index in [0.29, 0.717) is 5.92 Å². The summed E-state index contributed by atoms with van der Waals surface area (Å²) in [5.41, 5.74) is 4.49. The molecule has 0 radical (unpaired) electrons. The van der Waals surface area contributed by atoms with E-state index >= 15 is 0 Å². The zero-order valence-corrected chi connectivity index (χ0v) is 12.4. The number of hydrogen-bond acceptors (Lipinski definition) is 1. The average molecular weight is 274 g/mol. The molecule has 0 N–H and O–H groups in total. The van der Waals surface area contributed by atoms with Crippen LogP contribution in [0.5, 0.6) is 0 Å². The number of nitriles is 1. The molecule has 0 amide bonds. The number of hydrogen-bond donors (Lipinski definition) is 0. The van der Waals surface area contributed by atoms with Crippen molar-refractivity contribution in [2.45, 2.75) is 26.3 Å². The van der Waals surface area contributed by atoms with Gasteiger partial charge in [0.05, 0.1) is 11.6 Å². The van der Waals surface area contributed by atoms with Crippen LogP contribution in [0.4, 0.5) is 0 Å². The number of nitrogens with zero attached hydrogens (tertiary/aromatic N) is 2. The van der Waals surface area contributed by atoms with Crippen LogP contribution in [0.3, 0.4) is 0 Å². The van der Waals surface area contributed by atoms with Gasteiger partial charge in [-0.25, -0.2) is 0 Å². The Morgan fingerprint density at radius 2 is 1.81 bits per heavy atom. The predicted octanol–water partition coefficient (Wildman–Crippen LogP) is 4.68. The summed E-state index contributed by atoms with van der Waals surface area (Å²) >= 11 is 0. The van der Waals surface area contributed by atoms with Crippen LogP contribution < -0.4 is 0 Å². The third-order valence-corrected chi connectivity index (χ3v) is 3.93. The van der Waals surface area contributed by atoms with Gasteiger partial charge in [-0.05, 0) is 35.2 Å². The zero-order chi connectivity index (χ0) is 14.8. The summed E-state index contributed by atoms with van der Waals surface area (Å²) in [6.45, 7) is 5.24. The van der Waals surface area contributed by atoms with E-state index in [4.69, 9.17) is 5.26 Å². The van der Waals surface area contributed by atoms with Crippen LogP contribution in [0.25, 0.3) is 10.9 Å². The van der Waals surface area contributed by atoms with E-state index in [0.717, 1.165) is 23.0 Å². The molecule has 3 rings (SSSR count). The second-order valence-electron chi connectivity index (χ2n) is 5.69. The van der Waals surface area contributed by atoms with E-state index in [9.17, 15) is 0 Å². The summed E-state index contributed by atoms with van der Waals surface area (Å²) in [5, 5.41) is 10.2. The summed E-state index contributed by atoms with van der Waals surface area (Å²) in [6.07, 6.45) is 2.06. The molecule has 0 aliphatic heterocycles. The zero-order valence-electron chi connectivity index (χ0n) is 12.4. The smallest absolute Gasteiger partial charge is 0.0998 e. The van der Waals surface area contributed by atoms with E-state index < -0.39 is 0 Å². The molecular formula is C19H18N2. The van der Waals surface area contributed by atoms with Crippen molar-refractivity contribution in [1.29, 1.82) is 5.26 Å². The Morgan fingerprint density at radius 1 is 1.05 bits per heavy atom. The fourth-order valence-corrected chi connectivity index (χ4v) is 2.66. The molecule has 1 heterocycles. The van der Waals surface area contributed by atoms with Gasteiger partial charge < -0.3 is 4.57 Å². The van der Waals surface area contributed by atoms with Crippen molar-refractivity contribution in [2.24, 2.45) is 0 Å². The topological polar surface area (TPSA) is 28.7 Å². The SMILES string of the molecule is CC(C)c1ccc(Cn2ccc3c(C#N)cccc32)cc1. The Morgan fingerprint density at radius 3 is 2.48 bits per heavy atom. The van der Waals surface area contributed by atoms with Gasteiger partial charge in [-0.15, -0.1) is 0 Å². The molecule has 0 saturated heterocycles. The molecule has 0 fully saturated rings. The summed E-state index contributed by atoms with van der Waals surface area (Å²) in [4.78, 5) is 0. The van der Waals surface area contributed by atoms with E-state index in [-0.39, 0.29) is 0 Å². The Hall–Kier alpha value is -2.53. The predicted molar refractivity (Wildman–Crippen MR) is 86.3 cm³/mol. The van der Waals surface area contributed by atoms with Gasteiger partial charge in [0.1, 0.15) is 0 Å². The van der Waals surface area contributed by atoms with Gasteiger partial charge in [0.15, 0.2) is 0 Å². The molecule has 1 aromatic heterocycles. The monoisotopic (exact) mass is 274 g/mol. The highest BCUT2D eigenvalue weighted by molar-refractivity contribution is 5.86. The van der Waals surface area contributed by atoms with Crippen LogP contribution in [-0.2, 0) is 6.54 Å². The second-order valence-corrected chi connectivity index (χ2v) is 5.69. The van der Waals surface area contributed by atoms with E-state index in [1.807, 2.05) is 18.2 Å². The van der Waals surface area contributed by atoms with Crippen molar-refractivity contribution >= 4 is 10.9 Å². The molecule has 0 atom stereocenters. The first-order valence-electron chi connectivity index (χ1n) is 7.26. The van der Waals surface area contributed by atoms with Crippen LogP contribution >= 0.6 is 0 Å². The molecule has 2 aromatic carbocycles. The first-order chi connectivity index (χ1) is 10.2. The van der Waals surface area contributed by atoms with Crippen molar-refractivity contribution < 1.29 is 0 Å². The maximum atomic E-state index is 9.16. The van der Waals surface area contributed by atoms with Crippen molar-refractivity contribution in [3.8, 4) is 6.07 Å². The minimum Gasteiger partial charge on any atom is -0.343 e. The van der Waals surface area contributed by atoms with Gasteiger partial charge in [0.25, 0.3) is 0 Å². The minimum absolute atomic E-state index is 0.560. The maximum absolute atomic E-state index is 9.16. The first-order valence-corrected chi connectivity index (χ1v) is 7.26. The van der Waals surface area contributed by atoms with Crippen LogP contribution in [-0.4, -0.2) is 4.57 Å². The van der Waals surface area contributed by atoms with Crippen LogP contribution in [0.2, 0.25) is 0 Å². The fraction of sp³-hybridized carbons (Fsp3) is 0.211. The third kappa shape index (κ3) is 2.55. The molecule has 0 unspecified atom stereocenters. The van der Waals surface area contributed by atoms with Gasteiger partial charge in [0.2, 0.25) is 0 Å².